The molecule has 1 aliphatic rings. The number of methoxy groups -OCH3 is 1. The highest BCUT2D eigenvalue weighted by Crippen LogP contribution is 2.38. The molecule has 0 bridgehead atoms. The average molecular weight is 219 g/mol. The van der Waals surface area contributed by atoms with Crippen LogP contribution in [-0.2, 0) is 6.42 Å². The largest absolute Gasteiger partial charge is 0.496 e. The Morgan fingerprint density at radius 2 is 2.25 bits per heavy atom. The summed E-state index contributed by atoms with van der Waals surface area (Å²) >= 11 is 0. The first-order valence-corrected chi connectivity index (χ1v) is 6.19. The van der Waals surface area contributed by atoms with Gasteiger partial charge < -0.3 is 10.5 Å². The molecule has 2 rings (SSSR count). The smallest absolute Gasteiger partial charge is 0.122 e. The minimum atomic E-state index is 0.193. The van der Waals surface area contributed by atoms with Crippen LogP contribution < -0.4 is 10.5 Å². The number of fused-ring (bicyclic) bond motifs is 1. The van der Waals surface area contributed by atoms with Crippen molar-refractivity contribution < 1.29 is 4.74 Å². The van der Waals surface area contributed by atoms with Gasteiger partial charge in [-0.05, 0) is 42.4 Å². The van der Waals surface area contributed by atoms with Gasteiger partial charge in [-0.25, -0.2) is 0 Å². The van der Waals surface area contributed by atoms with Gasteiger partial charge in [-0.2, -0.15) is 0 Å². The number of ether oxygens (including phenoxy) is 1. The van der Waals surface area contributed by atoms with Gasteiger partial charge in [-0.3, -0.25) is 0 Å². The molecule has 16 heavy (non-hydrogen) atoms. The molecule has 0 radical (unpaired) electrons. The van der Waals surface area contributed by atoms with Gasteiger partial charge in [0, 0.05) is 6.04 Å². The molecule has 1 aromatic carbocycles. The Kier molecular flexibility index (Phi) is 3.49. The third-order valence-corrected chi connectivity index (χ3v) is 3.68. The third-order valence-electron chi connectivity index (χ3n) is 3.68. The zero-order valence-corrected chi connectivity index (χ0v) is 10.2. The number of rotatable bonds is 3. The minimum Gasteiger partial charge on any atom is -0.496 e. The van der Waals surface area contributed by atoms with Crippen LogP contribution >= 0.6 is 0 Å². The molecular formula is C14H21NO. The summed E-state index contributed by atoms with van der Waals surface area (Å²) in [4.78, 5) is 0. The lowest BCUT2D eigenvalue weighted by atomic mass is 9.78. The second-order valence-corrected chi connectivity index (χ2v) is 4.64. The van der Waals surface area contributed by atoms with Crippen molar-refractivity contribution in [2.45, 2.75) is 38.6 Å². The van der Waals surface area contributed by atoms with Crippen LogP contribution in [0.3, 0.4) is 0 Å². The highest BCUT2D eigenvalue weighted by atomic mass is 16.5. The van der Waals surface area contributed by atoms with Crippen LogP contribution in [0.2, 0.25) is 0 Å². The first kappa shape index (κ1) is 11.5. The van der Waals surface area contributed by atoms with E-state index in [1.807, 2.05) is 12.1 Å². The van der Waals surface area contributed by atoms with E-state index in [0.29, 0.717) is 5.92 Å². The maximum Gasteiger partial charge on any atom is 0.122 e. The molecule has 0 fully saturated rings. The fraction of sp³-hybridized carbons (Fsp3) is 0.571. The van der Waals surface area contributed by atoms with Crippen molar-refractivity contribution in [3.05, 3.63) is 29.3 Å². The van der Waals surface area contributed by atoms with E-state index in [4.69, 9.17) is 10.5 Å². The Bertz CT molecular complexity index is 362. The lowest BCUT2D eigenvalue weighted by Gasteiger charge is -2.31. The van der Waals surface area contributed by atoms with Crippen LogP contribution in [-0.4, -0.2) is 7.11 Å². The monoisotopic (exact) mass is 219 g/mol. The highest BCUT2D eigenvalue weighted by molar-refractivity contribution is 5.43. The predicted octanol–water partition coefficient (Wildman–Crippen LogP) is 3.06. The third kappa shape index (κ3) is 1.94. The van der Waals surface area contributed by atoms with Crippen molar-refractivity contribution in [1.82, 2.24) is 0 Å². The number of benzene rings is 1. The SMILES string of the molecule is CCCC1CCc2c(OC)cccc2[C@H]1N. The molecule has 88 valence electrons. The Morgan fingerprint density at radius 1 is 1.44 bits per heavy atom. The summed E-state index contributed by atoms with van der Waals surface area (Å²) < 4.78 is 5.40. The molecular weight excluding hydrogens is 198 g/mol. The van der Waals surface area contributed by atoms with Crippen LogP contribution in [0, 0.1) is 5.92 Å². The van der Waals surface area contributed by atoms with E-state index in [2.05, 4.69) is 13.0 Å². The lowest BCUT2D eigenvalue weighted by molar-refractivity contribution is 0.340. The van der Waals surface area contributed by atoms with Crippen molar-refractivity contribution in [3.63, 3.8) is 0 Å². The van der Waals surface area contributed by atoms with Crippen LogP contribution in [0.4, 0.5) is 0 Å². The quantitative estimate of drug-likeness (QED) is 0.848. The second kappa shape index (κ2) is 4.88. The molecule has 1 aliphatic carbocycles. The predicted molar refractivity (Wildman–Crippen MR) is 66.6 cm³/mol. The molecule has 0 heterocycles. The normalized spacial score (nSPS) is 23.9. The zero-order chi connectivity index (χ0) is 11.5. The van der Waals surface area contributed by atoms with Crippen LogP contribution in [0.25, 0.3) is 0 Å². The van der Waals surface area contributed by atoms with E-state index in [9.17, 15) is 0 Å². The molecule has 0 amide bonds. The van der Waals surface area contributed by atoms with Gasteiger partial charge in [0.2, 0.25) is 0 Å². The van der Waals surface area contributed by atoms with Gasteiger partial charge in [0.05, 0.1) is 7.11 Å². The van der Waals surface area contributed by atoms with Crippen LogP contribution in [0.15, 0.2) is 18.2 Å². The molecule has 2 N–H and O–H groups in total. The maximum absolute atomic E-state index is 6.34. The first-order valence-electron chi connectivity index (χ1n) is 6.19. The average Bonchev–Trinajstić information content (AvgIpc) is 2.32. The summed E-state index contributed by atoms with van der Waals surface area (Å²) in [5, 5.41) is 0. The summed E-state index contributed by atoms with van der Waals surface area (Å²) in [6.45, 7) is 2.23. The summed E-state index contributed by atoms with van der Waals surface area (Å²) in [5.41, 5.74) is 8.96. The van der Waals surface area contributed by atoms with Gasteiger partial charge in [-0.1, -0.05) is 25.5 Å². The molecule has 2 atom stereocenters. The number of nitrogens with two attached hydrogens (primary N) is 1. The highest BCUT2D eigenvalue weighted by Gasteiger charge is 2.27. The zero-order valence-electron chi connectivity index (χ0n) is 10.2. The van der Waals surface area contributed by atoms with Crippen molar-refractivity contribution >= 4 is 0 Å². The van der Waals surface area contributed by atoms with Crippen molar-refractivity contribution in [3.8, 4) is 5.75 Å². The molecule has 0 aromatic heterocycles. The van der Waals surface area contributed by atoms with E-state index in [-0.39, 0.29) is 6.04 Å². The van der Waals surface area contributed by atoms with Crippen LogP contribution in [0.1, 0.15) is 43.4 Å². The molecule has 0 aliphatic heterocycles. The van der Waals surface area contributed by atoms with E-state index in [1.165, 1.54) is 30.4 Å². The molecule has 1 unspecified atom stereocenters. The molecule has 2 heteroatoms. The fourth-order valence-electron chi connectivity index (χ4n) is 2.81. The number of hydrogen-bond acceptors (Lipinski definition) is 2. The van der Waals surface area contributed by atoms with Crippen molar-refractivity contribution in [2.75, 3.05) is 7.11 Å². The molecule has 2 nitrogen and oxygen atoms in total. The van der Waals surface area contributed by atoms with Crippen molar-refractivity contribution in [1.29, 1.82) is 0 Å². The van der Waals surface area contributed by atoms with Crippen molar-refractivity contribution in [2.24, 2.45) is 11.7 Å². The minimum absolute atomic E-state index is 0.193. The molecule has 1 aromatic rings. The van der Waals surface area contributed by atoms with Gasteiger partial charge >= 0.3 is 0 Å². The van der Waals surface area contributed by atoms with E-state index in [1.54, 1.807) is 7.11 Å². The topological polar surface area (TPSA) is 35.2 Å². The Hall–Kier alpha value is -1.02. The number of hydrogen-bond donors (Lipinski definition) is 1. The summed E-state index contributed by atoms with van der Waals surface area (Å²) in [5.74, 6) is 1.65. The lowest BCUT2D eigenvalue weighted by Crippen LogP contribution is -2.27. The summed E-state index contributed by atoms with van der Waals surface area (Å²) in [7, 11) is 1.74. The fourth-order valence-corrected chi connectivity index (χ4v) is 2.81. The Labute approximate surface area is 97.8 Å². The second-order valence-electron chi connectivity index (χ2n) is 4.64. The summed E-state index contributed by atoms with van der Waals surface area (Å²) in [6.07, 6.45) is 4.76. The van der Waals surface area contributed by atoms with E-state index < -0.39 is 0 Å². The van der Waals surface area contributed by atoms with Gasteiger partial charge in [0.15, 0.2) is 0 Å². The van der Waals surface area contributed by atoms with Gasteiger partial charge in [-0.15, -0.1) is 0 Å². The standard InChI is InChI=1S/C14H21NO/c1-3-5-10-8-9-11-12(14(10)15)6-4-7-13(11)16-2/h4,6-7,10,14H,3,5,8-9,15H2,1-2H3/t10?,14-/m0/s1. The Morgan fingerprint density at radius 3 is 2.94 bits per heavy atom. The molecule has 0 saturated heterocycles. The van der Waals surface area contributed by atoms with Crippen LogP contribution in [0.5, 0.6) is 5.75 Å². The first-order chi connectivity index (χ1) is 7.77. The molecule has 0 spiro atoms. The summed E-state index contributed by atoms with van der Waals surface area (Å²) in [6, 6.07) is 6.43. The molecule has 0 saturated carbocycles. The van der Waals surface area contributed by atoms with E-state index in [0.717, 1.165) is 12.2 Å². The van der Waals surface area contributed by atoms with E-state index >= 15 is 0 Å². The van der Waals surface area contributed by atoms with Gasteiger partial charge in [0.1, 0.15) is 5.75 Å². The maximum atomic E-state index is 6.34. The Balaban J connectivity index is 2.31. The van der Waals surface area contributed by atoms with Gasteiger partial charge in [0.25, 0.3) is 0 Å².